The van der Waals surface area contributed by atoms with Crippen LogP contribution in [0.1, 0.15) is 32.6 Å². The Morgan fingerprint density at radius 3 is 2.41 bits per heavy atom. The Hall–Kier alpha value is -2.60. The number of para-hydroxylation sites is 1. The van der Waals surface area contributed by atoms with Gasteiger partial charge in [-0.25, -0.2) is 0 Å². The van der Waals surface area contributed by atoms with E-state index >= 15 is 0 Å². The van der Waals surface area contributed by atoms with E-state index in [0.29, 0.717) is 16.9 Å². The highest BCUT2D eigenvalue weighted by Gasteiger charge is 2.18. The Kier molecular flexibility index (Phi) is 5.65. The third-order valence-corrected chi connectivity index (χ3v) is 5.53. The van der Waals surface area contributed by atoms with Gasteiger partial charge in [0.1, 0.15) is 5.75 Å². The highest BCUT2D eigenvalue weighted by molar-refractivity contribution is 7.99. The molecule has 1 aromatic heterocycles. The van der Waals surface area contributed by atoms with Crippen LogP contribution in [0.5, 0.6) is 5.75 Å². The van der Waals surface area contributed by atoms with Gasteiger partial charge in [0.15, 0.2) is 5.78 Å². The maximum Gasteiger partial charge on any atom is 0.277 e. The van der Waals surface area contributed by atoms with E-state index in [9.17, 15) is 4.79 Å². The fourth-order valence-corrected chi connectivity index (χ4v) is 3.67. The quantitative estimate of drug-likeness (QED) is 0.444. The van der Waals surface area contributed by atoms with Crippen molar-refractivity contribution in [1.82, 2.24) is 10.2 Å². The summed E-state index contributed by atoms with van der Waals surface area (Å²) in [7, 11) is 1.60. The van der Waals surface area contributed by atoms with Crippen molar-refractivity contribution in [3.05, 3.63) is 58.1 Å². The van der Waals surface area contributed by atoms with E-state index in [1.54, 1.807) is 7.11 Å². The number of carbonyl (C=O) groups excluding carboxylic acids is 1. The molecule has 2 aromatic carbocycles. The SMILES string of the molecule is COc1ccccc1-c1nnc(SCC(=O)c2c(C)c(C)cc(C)c2C)o1. The summed E-state index contributed by atoms with van der Waals surface area (Å²) >= 11 is 1.25. The molecule has 5 nitrogen and oxygen atoms in total. The van der Waals surface area contributed by atoms with Gasteiger partial charge < -0.3 is 9.15 Å². The molecule has 0 aliphatic heterocycles. The number of nitrogens with zero attached hydrogens (tertiary/aromatic N) is 2. The molecule has 3 aromatic rings. The average molecular weight is 382 g/mol. The smallest absolute Gasteiger partial charge is 0.277 e. The summed E-state index contributed by atoms with van der Waals surface area (Å²) in [5.41, 5.74) is 5.84. The van der Waals surface area contributed by atoms with Crippen molar-refractivity contribution in [2.45, 2.75) is 32.9 Å². The summed E-state index contributed by atoms with van der Waals surface area (Å²) in [6, 6.07) is 9.56. The number of carbonyl (C=O) groups is 1. The summed E-state index contributed by atoms with van der Waals surface area (Å²) in [6.45, 7) is 8.05. The second-order valence-electron chi connectivity index (χ2n) is 6.42. The zero-order valence-electron chi connectivity index (χ0n) is 16.1. The number of hydrogen-bond acceptors (Lipinski definition) is 6. The van der Waals surface area contributed by atoms with Crippen molar-refractivity contribution >= 4 is 17.5 Å². The van der Waals surface area contributed by atoms with Gasteiger partial charge in [-0.3, -0.25) is 4.79 Å². The predicted molar refractivity (Wildman–Crippen MR) is 107 cm³/mol. The molecule has 0 amide bonds. The van der Waals surface area contributed by atoms with Crippen molar-refractivity contribution in [2.75, 3.05) is 12.9 Å². The first-order chi connectivity index (χ1) is 12.9. The number of hydrogen-bond donors (Lipinski definition) is 0. The first-order valence-electron chi connectivity index (χ1n) is 8.62. The lowest BCUT2D eigenvalue weighted by molar-refractivity contribution is 0.102. The highest BCUT2D eigenvalue weighted by Crippen LogP contribution is 2.31. The zero-order chi connectivity index (χ0) is 19.6. The molecule has 0 aliphatic carbocycles. The van der Waals surface area contributed by atoms with Gasteiger partial charge in [0.05, 0.1) is 18.4 Å². The van der Waals surface area contributed by atoms with Gasteiger partial charge in [-0.1, -0.05) is 30.0 Å². The monoisotopic (exact) mass is 382 g/mol. The summed E-state index contributed by atoms with van der Waals surface area (Å²) in [6.07, 6.45) is 0. The molecule has 0 atom stereocenters. The molecule has 27 heavy (non-hydrogen) atoms. The van der Waals surface area contributed by atoms with Crippen LogP contribution < -0.4 is 4.74 Å². The normalized spacial score (nSPS) is 10.9. The molecule has 3 rings (SSSR count). The van der Waals surface area contributed by atoms with Crippen LogP contribution in [0.4, 0.5) is 0 Å². The lowest BCUT2D eigenvalue weighted by Crippen LogP contribution is -2.10. The highest BCUT2D eigenvalue weighted by atomic mass is 32.2. The van der Waals surface area contributed by atoms with Crippen LogP contribution in [-0.2, 0) is 0 Å². The third kappa shape index (κ3) is 3.90. The van der Waals surface area contributed by atoms with E-state index < -0.39 is 0 Å². The third-order valence-electron chi connectivity index (χ3n) is 4.72. The molecular weight excluding hydrogens is 360 g/mol. The van der Waals surface area contributed by atoms with Crippen LogP contribution >= 0.6 is 11.8 Å². The largest absolute Gasteiger partial charge is 0.496 e. The minimum atomic E-state index is 0.0684. The van der Waals surface area contributed by atoms with Crippen LogP contribution in [0.3, 0.4) is 0 Å². The van der Waals surface area contributed by atoms with E-state index in [1.165, 1.54) is 11.8 Å². The number of rotatable bonds is 6. The number of ether oxygens (including phenoxy) is 1. The van der Waals surface area contributed by atoms with Crippen molar-refractivity contribution in [3.8, 4) is 17.2 Å². The molecule has 0 spiro atoms. The van der Waals surface area contributed by atoms with E-state index in [0.717, 1.165) is 33.4 Å². The molecule has 0 fully saturated rings. The van der Waals surface area contributed by atoms with Gasteiger partial charge in [0, 0.05) is 5.56 Å². The fourth-order valence-electron chi connectivity index (χ4n) is 3.03. The van der Waals surface area contributed by atoms with Crippen LogP contribution in [0.15, 0.2) is 40.0 Å². The van der Waals surface area contributed by atoms with Gasteiger partial charge >= 0.3 is 0 Å². The minimum absolute atomic E-state index is 0.0684. The minimum Gasteiger partial charge on any atom is -0.496 e. The number of methoxy groups -OCH3 is 1. The van der Waals surface area contributed by atoms with Gasteiger partial charge in [-0.2, -0.15) is 0 Å². The number of Topliss-reactive ketones (excluding diaryl/α,β-unsaturated/α-hetero) is 1. The van der Waals surface area contributed by atoms with E-state index in [1.807, 2.05) is 52.0 Å². The predicted octanol–water partition coefficient (Wildman–Crippen LogP) is 4.95. The van der Waals surface area contributed by atoms with E-state index in [-0.39, 0.29) is 11.5 Å². The molecule has 0 unspecified atom stereocenters. The Morgan fingerprint density at radius 1 is 1.07 bits per heavy atom. The first-order valence-corrected chi connectivity index (χ1v) is 9.61. The summed E-state index contributed by atoms with van der Waals surface area (Å²) in [4.78, 5) is 12.8. The van der Waals surface area contributed by atoms with Gasteiger partial charge in [0.2, 0.25) is 0 Å². The summed E-state index contributed by atoms with van der Waals surface area (Å²) < 4.78 is 11.0. The Bertz CT molecular complexity index is 969. The Morgan fingerprint density at radius 2 is 1.74 bits per heavy atom. The number of thioether (sulfide) groups is 1. The van der Waals surface area contributed by atoms with Gasteiger partial charge in [-0.15, -0.1) is 10.2 Å². The molecule has 0 aliphatic rings. The maximum absolute atomic E-state index is 12.8. The standard InChI is InChI=1S/C21H22N2O3S/c1-12-10-13(2)15(4)19(14(12)3)17(24)11-27-21-23-22-20(26-21)16-8-6-7-9-18(16)25-5/h6-10H,11H2,1-5H3. The van der Waals surface area contributed by atoms with Crippen molar-refractivity contribution in [2.24, 2.45) is 0 Å². The van der Waals surface area contributed by atoms with Crippen molar-refractivity contribution in [1.29, 1.82) is 0 Å². The molecule has 140 valence electrons. The van der Waals surface area contributed by atoms with Gasteiger partial charge in [-0.05, 0) is 62.1 Å². The molecule has 0 N–H and O–H groups in total. The van der Waals surface area contributed by atoms with Crippen molar-refractivity contribution < 1.29 is 13.9 Å². The second kappa shape index (κ2) is 7.96. The Labute approximate surface area is 163 Å². The van der Waals surface area contributed by atoms with E-state index in [4.69, 9.17) is 9.15 Å². The molecular formula is C21H22N2O3S. The van der Waals surface area contributed by atoms with Crippen LogP contribution in [0.2, 0.25) is 0 Å². The number of aryl methyl sites for hydroxylation is 2. The topological polar surface area (TPSA) is 65.2 Å². The molecule has 0 saturated heterocycles. The van der Waals surface area contributed by atoms with E-state index in [2.05, 4.69) is 16.3 Å². The Balaban J connectivity index is 1.77. The number of ketones is 1. The number of aromatic nitrogens is 2. The lowest BCUT2D eigenvalue weighted by atomic mass is 9.92. The summed E-state index contributed by atoms with van der Waals surface area (Å²) in [5.74, 6) is 1.35. The number of benzene rings is 2. The first kappa shape index (κ1) is 19.2. The van der Waals surface area contributed by atoms with Crippen LogP contribution in [0, 0.1) is 27.7 Å². The molecule has 0 radical (unpaired) electrons. The average Bonchev–Trinajstić information content (AvgIpc) is 3.14. The molecule has 1 heterocycles. The van der Waals surface area contributed by atoms with Crippen molar-refractivity contribution in [3.63, 3.8) is 0 Å². The van der Waals surface area contributed by atoms with Crippen LogP contribution in [0.25, 0.3) is 11.5 Å². The molecule has 0 bridgehead atoms. The summed E-state index contributed by atoms with van der Waals surface area (Å²) in [5, 5.41) is 8.50. The van der Waals surface area contributed by atoms with Gasteiger partial charge in [0.25, 0.3) is 11.1 Å². The zero-order valence-corrected chi connectivity index (χ0v) is 16.9. The maximum atomic E-state index is 12.8. The molecule has 0 saturated carbocycles. The molecule has 6 heteroatoms. The van der Waals surface area contributed by atoms with Crippen LogP contribution in [-0.4, -0.2) is 28.8 Å². The second-order valence-corrected chi connectivity index (χ2v) is 7.35. The lowest BCUT2D eigenvalue weighted by Gasteiger charge is -2.13. The fraction of sp³-hybridized carbons (Fsp3) is 0.286.